The fourth-order valence-corrected chi connectivity index (χ4v) is 1.35. The standard InChI is InChI=1S/C14H31N3O2.HI/c1-5-15-14(17-9-13(4)10-18)16-7-6-8-19-11-12(2)3;/h12-13,18H,5-11H2,1-4H3,(H2,15,16,17);1H. The van der Waals surface area contributed by atoms with Crippen LogP contribution in [0.1, 0.15) is 34.1 Å². The first-order chi connectivity index (χ1) is 9.10. The van der Waals surface area contributed by atoms with Crippen LogP contribution >= 0.6 is 24.0 Å². The van der Waals surface area contributed by atoms with E-state index >= 15 is 0 Å². The van der Waals surface area contributed by atoms with E-state index < -0.39 is 0 Å². The molecule has 0 heterocycles. The number of ether oxygens (including phenoxy) is 1. The molecule has 0 spiro atoms. The lowest BCUT2D eigenvalue weighted by molar-refractivity contribution is 0.108. The van der Waals surface area contributed by atoms with Crippen molar-refractivity contribution in [2.75, 3.05) is 39.5 Å². The second-order valence-electron chi connectivity index (χ2n) is 5.26. The van der Waals surface area contributed by atoms with Gasteiger partial charge in [-0.3, -0.25) is 4.99 Å². The Hall–Kier alpha value is -0.0800. The molecule has 5 nitrogen and oxygen atoms in total. The van der Waals surface area contributed by atoms with E-state index in [-0.39, 0.29) is 36.5 Å². The maximum atomic E-state index is 8.97. The van der Waals surface area contributed by atoms with Crippen LogP contribution in [-0.4, -0.2) is 50.5 Å². The summed E-state index contributed by atoms with van der Waals surface area (Å²) in [5.74, 6) is 1.60. The highest BCUT2D eigenvalue weighted by Gasteiger charge is 2.01. The number of nitrogens with zero attached hydrogens (tertiary/aromatic N) is 1. The van der Waals surface area contributed by atoms with Gasteiger partial charge in [-0.15, -0.1) is 24.0 Å². The molecule has 0 fully saturated rings. The van der Waals surface area contributed by atoms with Crippen LogP contribution in [0.15, 0.2) is 4.99 Å². The van der Waals surface area contributed by atoms with E-state index in [1.807, 2.05) is 13.8 Å². The van der Waals surface area contributed by atoms with Gasteiger partial charge < -0.3 is 20.5 Å². The Balaban J connectivity index is 0. The molecule has 0 rings (SSSR count). The molecule has 0 aliphatic carbocycles. The molecule has 1 unspecified atom stereocenters. The van der Waals surface area contributed by atoms with E-state index in [9.17, 15) is 0 Å². The third-order valence-electron chi connectivity index (χ3n) is 2.43. The number of aliphatic hydroxyl groups excluding tert-OH is 1. The molecule has 0 aromatic rings. The second kappa shape index (κ2) is 15.3. The Morgan fingerprint density at radius 2 is 1.95 bits per heavy atom. The Bertz CT molecular complexity index is 238. The average molecular weight is 401 g/mol. The topological polar surface area (TPSA) is 65.9 Å². The quantitative estimate of drug-likeness (QED) is 0.226. The summed E-state index contributed by atoms with van der Waals surface area (Å²) in [5, 5.41) is 15.4. The summed E-state index contributed by atoms with van der Waals surface area (Å²) < 4.78 is 5.52. The van der Waals surface area contributed by atoms with Crippen LogP contribution in [0.3, 0.4) is 0 Å². The Kier molecular flexibility index (Phi) is 17.0. The largest absolute Gasteiger partial charge is 0.396 e. The number of guanidine groups is 1. The van der Waals surface area contributed by atoms with E-state index in [0.29, 0.717) is 12.5 Å². The molecule has 0 amide bonds. The van der Waals surface area contributed by atoms with Gasteiger partial charge in [0.2, 0.25) is 0 Å². The Morgan fingerprint density at radius 1 is 1.25 bits per heavy atom. The summed E-state index contributed by atoms with van der Waals surface area (Å²) >= 11 is 0. The smallest absolute Gasteiger partial charge is 0.191 e. The molecule has 0 aromatic carbocycles. The normalized spacial score (nSPS) is 13.0. The molecular weight excluding hydrogens is 369 g/mol. The Morgan fingerprint density at radius 3 is 2.50 bits per heavy atom. The lowest BCUT2D eigenvalue weighted by atomic mass is 10.2. The van der Waals surface area contributed by atoms with Gasteiger partial charge in [-0.05, 0) is 25.2 Å². The molecule has 3 N–H and O–H groups in total. The number of aliphatic hydroxyl groups is 1. The van der Waals surface area contributed by atoms with Crippen LogP contribution in [0.5, 0.6) is 0 Å². The molecule has 1 atom stereocenters. The predicted octanol–water partition coefficient (Wildman–Crippen LogP) is 1.85. The number of nitrogens with one attached hydrogen (secondary N) is 2. The van der Waals surface area contributed by atoms with Gasteiger partial charge in [0, 0.05) is 39.5 Å². The third kappa shape index (κ3) is 14.3. The molecule has 0 aliphatic heterocycles. The van der Waals surface area contributed by atoms with E-state index in [4.69, 9.17) is 9.84 Å². The molecule has 122 valence electrons. The first-order valence-electron chi connectivity index (χ1n) is 7.30. The van der Waals surface area contributed by atoms with E-state index in [1.54, 1.807) is 0 Å². The van der Waals surface area contributed by atoms with Crippen molar-refractivity contribution in [3.05, 3.63) is 0 Å². The van der Waals surface area contributed by atoms with Crippen LogP contribution in [0.4, 0.5) is 0 Å². The minimum Gasteiger partial charge on any atom is -0.396 e. The van der Waals surface area contributed by atoms with Gasteiger partial charge in [-0.25, -0.2) is 0 Å². The SMILES string of the molecule is CCNC(=NCC(C)CO)NCCCOCC(C)C.I. The van der Waals surface area contributed by atoms with Crippen molar-refractivity contribution in [2.24, 2.45) is 16.8 Å². The third-order valence-corrected chi connectivity index (χ3v) is 2.43. The highest BCUT2D eigenvalue weighted by molar-refractivity contribution is 14.0. The predicted molar refractivity (Wildman–Crippen MR) is 95.9 cm³/mol. The zero-order chi connectivity index (χ0) is 14.5. The summed E-state index contributed by atoms with van der Waals surface area (Å²) in [4.78, 5) is 4.42. The van der Waals surface area contributed by atoms with Gasteiger partial charge in [0.05, 0.1) is 0 Å². The minimum atomic E-state index is 0. The van der Waals surface area contributed by atoms with E-state index in [0.717, 1.165) is 38.7 Å². The first-order valence-corrected chi connectivity index (χ1v) is 7.30. The molecule has 0 bridgehead atoms. The summed E-state index contributed by atoms with van der Waals surface area (Å²) in [7, 11) is 0. The van der Waals surface area contributed by atoms with Gasteiger partial charge in [0.1, 0.15) is 0 Å². The van der Waals surface area contributed by atoms with Crippen LogP contribution in [0.25, 0.3) is 0 Å². The van der Waals surface area contributed by atoms with Gasteiger partial charge in [0.15, 0.2) is 5.96 Å². The van der Waals surface area contributed by atoms with Crippen molar-refractivity contribution >= 4 is 29.9 Å². The van der Waals surface area contributed by atoms with Crippen molar-refractivity contribution in [3.63, 3.8) is 0 Å². The summed E-state index contributed by atoms with van der Waals surface area (Å²) in [6.45, 7) is 12.4. The summed E-state index contributed by atoms with van der Waals surface area (Å²) in [6, 6.07) is 0. The zero-order valence-corrected chi connectivity index (χ0v) is 15.6. The van der Waals surface area contributed by atoms with Gasteiger partial charge >= 0.3 is 0 Å². The van der Waals surface area contributed by atoms with Crippen LogP contribution in [-0.2, 0) is 4.74 Å². The molecule has 20 heavy (non-hydrogen) atoms. The number of rotatable bonds is 10. The molecule has 0 saturated heterocycles. The fourth-order valence-electron chi connectivity index (χ4n) is 1.35. The summed E-state index contributed by atoms with van der Waals surface area (Å²) in [5.41, 5.74) is 0. The Labute approximate surface area is 141 Å². The fraction of sp³-hybridized carbons (Fsp3) is 0.929. The number of hydrogen-bond donors (Lipinski definition) is 3. The van der Waals surface area contributed by atoms with Crippen molar-refractivity contribution in [3.8, 4) is 0 Å². The first kappa shape index (κ1) is 22.2. The van der Waals surface area contributed by atoms with Gasteiger partial charge in [-0.2, -0.15) is 0 Å². The molecule has 0 aromatic heterocycles. The van der Waals surface area contributed by atoms with Crippen molar-refractivity contribution in [1.82, 2.24) is 10.6 Å². The van der Waals surface area contributed by atoms with Crippen LogP contribution in [0.2, 0.25) is 0 Å². The molecule has 0 saturated carbocycles. The lowest BCUT2D eigenvalue weighted by Crippen LogP contribution is -2.38. The van der Waals surface area contributed by atoms with Crippen molar-refractivity contribution < 1.29 is 9.84 Å². The molecule has 0 radical (unpaired) electrons. The molecule has 6 heteroatoms. The number of hydrogen-bond acceptors (Lipinski definition) is 3. The van der Waals surface area contributed by atoms with Crippen molar-refractivity contribution in [1.29, 1.82) is 0 Å². The zero-order valence-electron chi connectivity index (χ0n) is 13.3. The molecule has 0 aliphatic rings. The van der Waals surface area contributed by atoms with Gasteiger partial charge in [0.25, 0.3) is 0 Å². The average Bonchev–Trinajstić information content (AvgIpc) is 2.38. The monoisotopic (exact) mass is 401 g/mol. The minimum absolute atomic E-state index is 0. The summed E-state index contributed by atoms with van der Waals surface area (Å²) in [6.07, 6.45) is 0.965. The van der Waals surface area contributed by atoms with Crippen LogP contribution in [0, 0.1) is 11.8 Å². The highest BCUT2D eigenvalue weighted by Crippen LogP contribution is 1.94. The maximum Gasteiger partial charge on any atom is 0.191 e. The maximum absolute atomic E-state index is 8.97. The second-order valence-corrected chi connectivity index (χ2v) is 5.26. The number of aliphatic imine (C=N–C) groups is 1. The highest BCUT2D eigenvalue weighted by atomic mass is 127. The van der Waals surface area contributed by atoms with E-state index in [2.05, 4.69) is 29.5 Å². The van der Waals surface area contributed by atoms with Crippen LogP contribution < -0.4 is 10.6 Å². The lowest BCUT2D eigenvalue weighted by Gasteiger charge is -2.13. The van der Waals surface area contributed by atoms with Crippen molar-refractivity contribution in [2.45, 2.75) is 34.1 Å². The van der Waals surface area contributed by atoms with E-state index in [1.165, 1.54) is 0 Å². The number of halogens is 1. The molecular formula is C14H32IN3O2. The van der Waals surface area contributed by atoms with Gasteiger partial charge in [-0.1, -0.05) is 20.8 Å².